The van der Waals surface area contributed by atoms with Crippen LogP contribution >= 0.6 is 0 Å². The molecular formula is C29H35NO6S. The molecule has 7 nitrogen and oxygen atoms in total. The summed E-state index contributed by atoms with van der Waals surface area (Å²) in [6.45, 7) is 3.23. The Labute approximate surface area is 219 Å². The number of benzene rings is 2. The van der Waals surface area contributed by atoms with Gasteiger partial charge in [0.15, 0.2) is 6.61 Å². The van der Waals surface area contributed by atoms with Crippen molar-refractivity contribution in [2.45, 2.75) is 76.0 Å². The van der Waals surface area contributed by atoms with Gasteiger partial charge in [-0.25, -0.2) is 0 Å². The lowest BCUT2D eigenvalue weighted by atomic mass is 9.75. The molecule has 0 unspecified atom stereocenters. The molecule has 1 amide bonds. The molecule has 0 atom stereocenters. The Morgan fingerprint density at radius 1 is 0.946 bits per heavy atom. The van der Waals surface area contributed by atoms with Crippen LogP contribution in [0.3, 0.4) is 0 Å². The summed E-state index contributed by atoms with van der Waals surface area (Å²) in [4.78, 5) is 27.2. The number of rotatable bonds is 9. The highest BCUT2D eigenvalue weighted by molar-refractivity contribution is 7.85. The van der Waals surface area contributed by atoms with Crippen LogP contribution in [0.4, 0.5) is 0 Å². The number of carbonyl (C=O) groups excluding carboxylic acids is 2. The van der Waals surface area contributed by atoms with Gasteiger partial charge in [0.2, 0.25) is 0 Å². The van der Waals surface area contributed by atoms with Crippen LogP contribution in [0, 0.1) is 5.92 Å². The van der Waals surface area contributed by atoms with E-state index in [0.29, 0.717) is 49.4 Å². The number of likely N-dealkylation sites (tertiary alicyclic amines) is 1. The summed E-state index contributed by atoms with van der Waals surface area (Å²) >= 11 is 0. The largest absolute Gasteiger partial charge is 0.483 e. The van der Waals surface area contributed by atoms with Crippen molar-refractivity contribution in [2.24, 2.45) is 5.92 Å². The monoisotopic (exact) mass is 525 g/mol. The molecule has 2 aromatic carbocycles. The minimum Gasteiger partial charge on any atom is -0.483 e. The standard InChI is InChI=1S/C29H35NO6S/c1-2-3-4-5-24(31)19-14-16-30(17-15-19)27(32)18-36-25-12-8-20-6-7-21-9-13-26(37(33,34)35)23-11-10-22(25)28(20)29(21)23/h8-9,12-13,19H,2-7,10-11,14-18H2,1H3,(H,33,34,35). The molecule has 8 heteroatoms. The molecule has 1 N–H and O–H groups in total. The average Bonchev–Trinajstić information content (AvgIpc) is 2.90. The molecule has 0 saturated carbocycles. The number of ether oxygens (including phenoxy) is 1. The molecule has 1 fully saturated rings. The van der Waals surface area contributed by atoms with E-state index in [1.54, 1.807) is 11.0 Å². The Balaban J connectivity index is 1.28. The zero-order valence-electron chi connectivity index (χ0n) is 21.4. The van der Waals surface area contributed by atoms with Crippen LogP contribution < -0.4 is 4.74 Å². The lowest BCUT2D eigenvalue weighted by molar-refractivity contribution is -0.136. The molecule has 2 aromatic rings. The maximum absolute atomic E-state index is 12.9. The third-order valence-corrected chi connectivity index (χ3v) is 9.15. The molecular weight excluding hydrogens is 490 g/mol. The highest BCUT2D eigenvalue weighted by Crippen LogP contribution is 2.47. The van der Waals surface area contributed by atoms with Crippen LogP contribution in [-0.2, 0) is 45.4 Å². The number of carbonyl (C=O) groups is 2. The number of amides is 1. The number of Topliss-reactive ketones (excluding diaryl/α,β-unsaturated/α-hetero) is 1. The van der Waals surface area contributed by atoms with Crippen molar-refractivity contribution in [3.8, 4) is 16.9 Å². The zero-order chi connectivity index (χ0) is 26.2. The van der Waals surface area contributed by atoms with Gasteiger partial charge in [-0.3, -0.25) is 14.1 Å². The average molecular weight is 526 g/mol. The molecule has 0 spiro atoms. The van der Waals surface area contributed by atoms with Crippen molar-refractivity contribution in [1.82, 2.24) is 4.90 Å². The molecule has 0 aromatic heterocycles. The predicted molar refractivity (Wildman–Crippen MR) is 140 cm³/mol. The second-order valence-corrected chi connectivity index (χ2v) is 11.9. The van der Waals surface area contributed by atoms with E-state index in [2.05, 4.69) is 6.92 Å². The van der Waals surface area contributed by atoms with E-state index in [0.717, 1.165) is 72.8 Å². The van der Waals surface area contributed by atoms with Gasteiger partial charge >= 0.3 is 0 Å². The second kappa shape index (κ2) is 10.6. The molecule has 1 heterocycles. The summed E-state index contributed by atoms with van der Waals surface area (Å²) in [5.41, 5.74) is 5.80. The first-order valence-electron chi connectivity index (χ1n) is 13.5. The molecule has 1 saturated heterocycles. The Kier molecular flexibility index (Phi) is 7.41. The molecule has 0 radical (unpaired) electrons. The molecule has 5 rings (SSSR count). The van der Waals surface area contributed by atoms with Crippen LogP contribution in [0.1, 0.15) is 67.7 Å². The maximum Gasteiger partial charge on any atom is 0.294 e. The van der Waals surface area contributed by atoms with Crippen molar-refractivity contribution in [3.05, 3.63) is 46.5 Å². The normalized spacial score (nSPS) is 16.9. The van der Waals surface area contributed by atoms with Gasteiger partial charge < -0.3 is 9.64 Å². The van der Waals surface area contributed by atoms with E-state index in [1.807, 2.05) is 12.1 Å². The fraction of sp³-hybridized carbons (Fsp3) is 0.517. The molecule has 198 valence electrons. The molecule has 2 aliphatic carbocycles. The van der Waals surface area contributed by atoms with Gasteiger partial charge in [0, 0.05) is 31.0 Å². The number of nitrogens with zero attached hydrogens (tertiary/aromatic N) is 1. The lowest BCUT2D eigenvalue weighted by Crippen LogP contribution is -2.42. The molecule has 37 heavy (non-hydrogen) atoms. The smallest absolute Gasteiger partial charge is 0.294 e. The van der Waals surface area contributed by atoms with Gasteiger partial charge in [0.05, 0.1) is 4.90 Å². The number of unbranched alkanes of at least 4 members (excludes halogenated alkanes) is 2. The van der Waals surface area contributed by atoms with Gasteiger partial charge in [-0.1, -0.05) is 31.9 Å². The minimum atomic E-state index is -4.31. The lowest BCUT2D eigenvalue weighted by Gasteiger charge is -2.32. The summed E-state index contributed by atoms with van der Waals surface area (Å²) in [5, 5.41) is 0. The van der Waals surface area contributed by atoms with Crippen LogP contribution in [-0.4, -0.2) is 49.3 Å². The first kappa shape index (κ1) is 25.9. The number of hydrogen-bond acceptors (Lipinski definition) is 5. The summed E-state index contributed by atoms with van der Waals surface area (Å²) in [6.07, 6.45) is 7.96. The van der Waals surface area contributed by atoms with E-state index in [9.17, 15) is 22.6 Å². The highest BCUT2D eigenvalue weighted by Gasteiger charge is 2.32. The third-order valence-electron chi connectivity index (χ3n) is 8.21. The van der Waals surface area contributed by atoms with Crippen molar-refractivity contribution in [1.29, 1.82) is 0 Å². The number of aryl methyl sites for hydroxylation is 2. The van der Waals surface area contributed by atoms with E-state index in [4.69, 9.17) is 4.74 Å². The Bertz CT molecular complexity index is 1320. The highest BCUT2D eigenvalue weighted by atomic mass is 32.2. The van der Waals surface area contributed by atoms with E-state index < -0.39 is 10.1 Å². The molecule has 0 bridgehead atoms. The van der Waals surface area contributed by atoms with Crippen LogP contribution in [0.5, 0.6) is 5.75 Å². The topological polar surface area (TPSA) is 101 Å². The first-order chi connectivity index (χ1) is 17.8. The zero-order valence-corrected chi connectivity index (χ0v) is 22.2. The Morgan fingerprint density at radius 2 is 1.59 bits per heavy atom. The number of hydrogen-bond donors (Lipinski definition) is 1. The van der Waals surface area contributed by atoms with E-state index in [1.165, 1.54) is 6.07 Å². The summed E-state index contributed by atoms with van der Waals surface area (Å²) in [7, 11) is -4.31. The number of piperidine rings is 1. The van der Waals surface area contributed by atoms with Crippen LogP contribution in [0.2, 0.25) is 0 Å². The summed E-state index contributed by atoms with van der Waals surface area (Å²) in [6, 6.07) is 7.24. The third kappa shape index (κ3) is 5.18. The Hall–Kier alpha value is -2.71. The van der Waals surface area contributed by atoms with Crippen molar-refractivity contribution >= 4 is 21.8 Å². The SMILES string of the molecule is CCCCCC(=O)C1CCN(C(=O)COc2ccc3c4c2CCc2c(S(=O)(=O)O)ccc(c2-4)CC3)CC1. The fourth-order valence-corrected chi connectivity index (χ4v) is 6.98. The van der Waals surface area contributed by atoms with E-state index in [-0.39, 0.29) is 23.3 Å². The van der Waals surface area contributed by atoms with E-state index >= 15 is 0 Å². The first-order valence-corrected chi connectivity index (χ1v) is 14.9. The van der Waals surface area contributed by atoms with Crippen LogP contribution in [0.15, 0.2) is 29.2 Å². The second-order valence-electron chi connectivity index (χ2n) is 10.5. The fourth-order valence-electron chi connectivity index (χ4n) is 6.22. The van der Waals surface area contributed by atoms with Gasteiger partial charge in [-0.05, 0) is 84.9 Å². The maximum atomic E-state index is 12.9. The quantitative estimate of drug-likeness (QED) is 0.380. The van der Waals surface area contributed by atoms with Crippen LogP contribution in [0.25, 0.3) is 11.1 Å². The molecule has 1 aliphatic heterocycles. The molecule has 3 aliphatic rings. The van der Waals surface area contributed by atoms with Gasteiger partial charge in [-0.2, -0.15) is 8.42 Å². The summed E-state index contributed by atoms with van der Waals surface area (Å²) in [5.74, 6) is 0.979. The Morgan fingerprint density at radius 3 is 2.27 bits per heavy atom. The van der Waals surface area contributed by atoms with Gasteiger partial charge in [-0.15, -0.1) is 0 Å². The predicted octanol–water partition coefficient (Wildman–Crippen LogP) is 4.56. The number of ketones is 1. The van der Waals surface area contributed by atoms with Crippen molar-refractivity contribution in [2.75, 3.05) is 19.7 Å². The minimum absolute atomic E-state index is 0.0153. The van der Waals surface area contributed by atoms with Gasteiger partial charge in [0.25, 0.3) is 16.0 Å². The summed E-state index contributed by atoms with van der Waals surface area (Å²) < 4.78 is 39.9. The van der Waals surface area contributed by atoms with Crippen molar-refractivity contribution in [3.63, 3.8) is 0 Å². The van der Waals surface area contributed by atoms with Crippen molar-refractivity contribution < 1.29 is 27.3 Å². The van der Waals surface area contributed by atoms with Gasteiger partial charge in [0.1, 0.15) is 11.5 Å².